The molecule has 2 heterocycles. The lowest BCUT2D eigenvalue weighted by Crippen LogP contribution is -2.52. The van der Waals surface area contributed by atoms with E-state index in [1.807, 2.05) is 0 Å². The molecule has 1 unspecified atom stereocenters. The Balaban J connectivity index is 0.000000980. The zero-order valence-corrected chi connectivity index (χ0v) is 10.9. The number of piperidine rings is 1. The second-order valence-electron chi connectivity index (χ2n) is 4.14. The lowest BCUT2D eigenvalue weighted by Gasteiger charge is -2.41. The fourth-order valence-corrected chi connectivity index (χ4v) is 2.42. The van der Waals surface area contributed by atoms with Gasteiger partial charge in [-0.15, -0.1) is 24.8 Å². The summed E-state index contributed by atoms with van der Waals surface area (Å²) in [6, 6.07) is 1.43. The molecular formula is C10H22Cl2N2O. The molecule has 2 fully saturated rings. The fourth-order valence-electron chi connectivity index (χ4n) is 2.42. The van der Waals surface area contributed by atoms with Crippen molar-refractivity contribution in [2.75, 3.05) is 32.8 Å². The number of hydrogen-bond donors (Lipinski definition) is 1. The Bertz CT molecular complexity index is 166. The average Bonchev–Trinajstić information content (AvgIpc) is 2.20. The molecule has 0 radical (unpaired) electrons. The van der Waals surface area contributed by atoms with Crippen LogP contribution >= 0.6 is 24.8 Å². The minimum atomic E-state index is 0. The first kappa shape index (κ1) is 15.5. The molecule has 0 aromatic carbocycles. The van der Waals surface area contributed by atoms with Crippen LogP contribution in [0.2, 0.25) is 0 Å². The molecule has 0 spiro atoms. The Morgan fingerprint density at radius 2 is 1.87 bits per heavy atom. The summed E-state index contributed by atoms with van der Waals surface area (Å²) in [6.45, 7) is 7.63. The summed E-state index contributed by atoms with van der Waals surface area (Å²) in [6.07, 6.45) is 2.62. The molecule has 1 atom stereocenters. The van der Waals surface area contributed by atoms with Gasteiger partial charge in [-0.1, -0.05) is 0 Å². The van der Waals surface area contributed by atoms with E-state index in [0.717, 1.165) is 25.8 Å². The van der Waals surface area contributed by atoms with Gasteiger partial charge in [-0.3, -0.25) is 4.90 Å². The van der Waals surface area contributed by atoms with E-state index in [0.29, 0.717) is 6.04 Å². The van der Waals surface area contributed by atoms with E-state index in [1.165, 1.54) is 25.9 Å². The predicted octanol–water partition coefficient (Wildman–Crippen LogP) is 1.30. The molecule has 5 heteroatoms. The number of nitrogens with zero attached hydrogens (tertiary/aromatic N) is 1. The van der Waals surface area contributed by atoms with Crippen LogP contribution < -0.4 is 5.32 Å². The smallest absolute Gasteiger partial charge is 0.0619 e. The monoisotopic (exact) mass is 256 g/mol. The number of rotatable bonds is 1. The maximum Gasteiger partial charge on any atom is 0.0619 e. The highest BCUT2D eigenvalue weighted by atomic mass is 35.5. The lowest BCUT2D eigenvalue weighted by molar-refractivity contribution is -0.0277. The fraction of sp³-hybridized carbons (Fsp3) is 1.00. The third-order valence-electron chi connectivity index (χ3n) is 3.20. The van der Waals surface area contributed by atoms with Gasteiger partial charge in [0.15, 0.2) is 0 Å². The van der Waals surface area contributed by atoms with Crippen molar-refractivity contribution in [1.29, 1.82) is 0 Å². The van der Waals surface area contributed by atoms with Gasteiger partial charge >= 0.3 is 0 Å². The summed E-state index contributed by atoms with van der Waals surface area (Å²) in [7, 11) is 0. The molecule has 2 aliphatic heterocycles. The summed E-state index contributed by atoms with van der Waals surface area (Å²) in [4.78, 5) is 2.63. The quantitative estimate of drug-likeness (QED) is 0.766. The highest BCUT2D eigenvalue weighted by Crippen LogP contribution is 2.17. The van der Waals surface area contributed by atoms with Gasteiger partial charge in [-0.2, -0.15) is 0 Å². The van der Waals surface area contributed by atoms with Gasteiger partial charge in [0.2, 0.25) is 0 Å². The summed E-state index contributed by atoms with van der Waals surface area (Å²) >= 11 is 0. The molecule has 2 saturated heterocycles. The summed E-state index contributed by atoms with van der Waals surface area (Å²) < 4.78 is 5.45. The van der Waals surface area contributed by atoms with Crippen molar-refractivity contribution in [1.82, 2.24) is 10.2 Å². The van der Waals surface area contributed by atoms with Crippen molar-refractivity contribution in [3.8, 4) is 0 Å². The second-order valence-corrected chi connectivity index (χ2v) is 4.14. The van der Waals surface area contributed by atoms with Crippen LogP contribution in [-0.2, 0) is 4.74 Å². The van der Waals surface area contributed by atoms with Crippen molar-refractivity contribution in [3.05, 3.63) is 0 Å². The molecule has 1 N–H and O–H groups in total. The van der Waals surface area contributed by atoms with Crippen molar-refractivity contribution >= 4 is 24.8 Å². The van der Waals surface area contributed by atoms with Gasteiger partial charge in [-0.25, -0.2) is 0 Å². The van der Waals surface area contributed by atoms with Crippen molar-refractivity contribution in [2.45, 2.75) is 31.8 Å². The van der Waals surface area contributed by atoms with Crippen LogP contribution in [0.3, 0.4) is 0 Å². The van der Waals surface area contributed by atoms with Crippen LogP contribution in [0, 0.1) is 0 Å². The van der Waals surface area contributed by atoms with E-state index in [1.54, 1.807) is 0 Å². The van der Waals surface area contributed by atoms with Crippen LogP contribution in [0.1, 0.15) is 19.8 Å². The Morgan fingerprint density at radius 3 is 2.47 bits per heavy atom. The van der Waals surface area contributed by atoms with Crippen LogP contribution in [0.5, 0.6) is 0 Å². The van der Waals surface area contributed by atoms with Gasteiger partial charge in [0, 0.05) is 18.6 Å². The minimum Gasteiger partial charge on any atom is -0.379 e. The summed E-state index contributed by atoms with van der Waals surface area (Å²) in [5.74, 6) is 0. The first-order valence-corrected chi connectivity index (χ1v) is 5.42. The molecule has 0 aromatic heterocycles. The minimum absolute atomic E-state index is 0. The molecule has 92 valence electrons. The molecule has 0 aliphatic carbocycles. The van der Waals surface area contributed by atoms with E-state index >= 15 is 0 Å². The van der Waals surface area contributed by atoms with E-state index in [2.05, 4.69) is 17.1 Å². The number of ether oxygens (including phenoxy) is 1. The molecule has 2 rings (SSSR count). The first-order chi connectivity index (χ1) is 6.38. The van der Waals surface area contributed by atoms with Gasteiger partial charge in [0.25, 0.3) is 0 Å². The van der Waals surface area contributed by atoms with Crippen molar-refractivity contribution < 1.29 is 4.74 Å². The number of morpholine rings is 1. The van der Waals surface area contributed by atoms with Crippen LogP contribution in [0.25, 0.3) is 0 Å². The Hall–Kier alpha value is 0.460. The van der Waals surface area contributed by atoms with E-state index in [4.69, 9.17) is 4.74 Å². The molecule has 2 aliphatic rings. The molecule has 0 saturated carbocycles. The van der Waals surface area contributed by atoms with Crippen LogP contribution in [-0.4, -0.2) is 49.8 Å². The highest BCUT2D eigenvalue weighted by molar-refractivity contribution is 5.85. The van der Waals surface area contributed by atoms with E-state index in [9.17, 15) is 0 Å². The molecule has 15 heavy (non-hydrogen) atoms. The topological polar surface area (TPSA) is 24.5 Å². The molecule has 0 amide bonds. The molecule has 0 bridgehead atoms. The SMILES string of the molecule is CC1COCCN1C1CCNCC1.Cl.Cl. The van der Waals surface area contributed by atoms with Crippen LogP contribution in [0.4, 0.5) is 0 Å². The van der Waals surface area contributed by atoms with Crippen LogP contribution in [0.15, 0.2) is 0 Å². The number of hydrogen-bond acceptors (Lipinski definition) is 3. The predicted molar refractivity (Wildman–Crippen MR) is 67.4 cm³/mol. The molecule has 0 aromatic rings. The Morgan fingerprint density at radius 1 is 1.20 bits per heavy atom. The zero-order valence-electron chi connectivity index (χ0n) is 9.28. The van der Waals surface area contributed by atoms with Gasteiger partial charge in [0.1, 0.15) is 0 Å². The van der Waals surface area contributed by atoms with Crippen molar-refractivity contribution in [2.24, 2.45) is 0 Å². The third-order valence-corrected chi connectivity index (χ3v) is 3.20. The Labute approximate surface area is 105 Å². The standard InChI is InChI=1S/C10H20N2O.2ClH/c1-9-8-13-7-6-12(9)10-2-4-11-5-3-10;;/h9-11H,2-8H2,1H3;2*1H. The van der Waals surface area contributed by atoms with Gasteiger partial charge in [-0.05, 0) is 32.9 Å². The maximum absolute atomic E-state index is 5.45. The van der Waals surface area contributed by atoms with E-state index in [-0.39, 0.29) is 24.8 Å². The Kier molecular flexibility index (Phi) is 7.92. The third kappa shape index (κ3) is 4.08. The van der Waals surface area contributed by atoms with Crippen molar-refractivity contribution in [3.63, 3.8) is 0 Å². The van der Waals surface area contributed by atoms with Gasteiger partial charge in [0.05, 0.1) is 13.2 Å². The number of nitrogens with one attached hydrogen (secondary N) is 1. The second kappa shape index (κ2) is 7.69. The van der Waals surface area contributed by atoms with E-state index < -0.39 is 0 Å². The molecular weight excluding hydrogens is 235 g/mol. The maximum atomic E-state index is 5.45. The highest BCUT2D eigenvalue weighted by Gasteiger charge is 2.27. The average molecular weight is 257 g/mol. The number of halogens is 2. The van der Waals surface area contributed by atoms with Gasteiger partial charge < -0.3 is 10.1 Å². The normalized spacial score (nSPS) is 29.0. The summed E-state index contributed by atoms with van der Waals surface area (Å²) in [5, 5.41) is 3.41. The zero-order chi connectivity index (χ0) is 9.10. The summed E-state index contributed by atoms with van der Waals surface area (Å²) in [5.41, 5.74) is 0. The first-order valence-electron chi connectivity index (χ1n) is 5.42. The lowest BCUT2D eigenvalue weighted by atomic mass is 10.0. The molecule has 3 nitrogen and oxygen atoms in total. The largest absolute Gasteiger partial charge is 0.379 e.